The van der Waals surface area contributed by atoms with E-state index < -0.39 is 0 Å². The number of thioether (sulfide) groups is 1. The van der Waals surface area contributed by atoms with Crippen molar-refractivity contribution in [3.63, 3.8) is 0 Å². The van der Waals surface area contributed by atoms with Crippen LogP contribution in [-0.4, -0.2) is 32.6 Å². The van der Waals surface area contributed by atoms with Crippen LogP contribution in [0, 0.1) is 0 Å². The van der Waals surface area contributed by atoms with Gasteiger partial charge in [-0.3, -0.25) is 4.98 Å². The molecule has 0 atom stereocenters. The SMILES string of the molecule is OCCCSCc1nc(-c2ccccn2)no1. The van der Waals surface area contributed by atoms with Crippen molar-refractivity contribution in [3.05, 3.63) is 30.3 Å². The fourth-order valence-electron chi connectivity index (χ4n) is 1.24. The minimum absolute atomic E-state index is 0.218. The molecule has 2 aromatic heterocycles. The van der Waals surface area contributed by atoms with Gasteiger partial charge in [-0.2, -0.15) is 16.7 Å². The largest absolute Gasteiger partial charge is 0.396 e. The molecular weight excluding hydrogens is 238 g/mol. The van der Waals surface area contributed by atoms with Gasteiger partial charge in [-0.15, -0.1) is 0 Å². The van der Waals surface area contributed by atoms with Gasteiger partial charge in [0.1, 0.15) is 5.69 Å². The maximum absolute atomic E-state index is 8.64. The highest BCUT2D eigenvalue weighted by Gasteiger charge is 2.08. The van der Waals surface area contributed by atoms with E-state index in [0.29, 0.717) is 23.2 Å². The Bertz CT molecular complexity index is 447. The Labute approximate surface area is 103 Å². The van der Waals surface area contributed by atoms with Crippen LogP contribution in [0.2, 0.25) is 0 Å². The second-order valence-electron chi connectivity index (χ2n) is 3.36. The van der Waals surface area contributed by atoms with E-state index in [9.17, 15) is 0 Å². The van der Waals surface area contributed by atoms with Gasteiger partial charge in [0.25, 0.3) is 0 Å². The molecule has 17 heavy (non-hydrogen) atoms. The molecule has 0 aliphatic heterocycles. The van der Waals surface area contributed by atoms with E-state index in [0.717, 1.165) is 12.2 Å². The van der Waals surface area contributed by atoms with Gasteiger partial charge in [0.05, 0.1) is 5.75 Å². The summed E-state index contributed by atoms with van der Waals surface area (Å²) in [5.74, 6) is 2.66. The number of nitrogens with zero attached hydrogens (tertiary/aromatic N) is 3. The highest BCUT2D eigenvalue weighted by molar-refractivity contribution is 7.98. The molecule has 0 fully saturated rings. The summed E-state index contributed by atoms with van der Waals surface area (Å²) in [6.45, 7) is 0.218. The summed E-state index contributed by atoms with van der Waals surface area (Å²) in [5, 5.41) is 12.5. The molecule has 0 saturated heterocycles. The van der Waals surface area contributed by atoms with E-state index in [-0.39, 0.29) is 6.61 Å². The van der Waals surface area contributed by atoms with Crippen LogP contribution in [0.1, 0.15) is 12.3 Å². The molecule has 0 bridgehead atoms. The van der Waals surface area contributed by atoms with Gasteiger partial charge in [-0.05, 0) is 24.3 Å². The molecule has 0 spiro atoms. The molecule has 0 saturated carbocycles. The summed E-state index contributed by atoms with van der Waals surface area (Å²) in [4.78, 5) is 8.40. The van der Waals surface area contributed by atoms with Gasteiger partial charge >= 0.3 is 0 Å². The molecule has 0 aliphatic rings. The Morgan fingerprint density at radius 3 is 3.06 bits per heavy atom. The first-order valence-electron chi connectivity index (χ1n) is 5.33. The quantitative estimate of drug-likeness (QED) is 0.788. The lowest BCUT2D eigenvalue weighted by molar-refractivity contribution is 0.296. The van der Waals surface area contributed by atoms with Gasteiger partial charge in [0.2, 0.25) is 11.7 Å². The number of aromatic nitrogens is 3. The molecule has 90 valence electrons. The number of hydrogen-bond acceptors (Lipinski definition) is 6. The van der Waals surface area contributed by atoms with Crippen LogP contribution < -0.4 is 0 Å². The van der Waals surface area contributed by atoms with E-state index in [1.165, 1.54) is 0 Å². The van der Waals surface area contributed by atoms with Crippen LogP contribution in [0.5, 0.6) is 0 Å². The Morgan fingerprint density at radius 2 is 2.29 bits per heavy atom. The zero-order chi connectivity index (χ0) is 11.9. The van der Waals surface area contributed by atoms with Crippen molar-refractivity contribution >= 4 is 11.8 Å². The van der Waals surface area contributed by atoms with Crippen LogP contribution >= 0.6 is 11.8 Å². The Kier molecular flexibility index (Phi) is 4.52. The standard InChI is InChI=1S/C11H13N3O2S/c15-6-3-7-17-8-10-13-11(14-16-10)9-4-1-2-5-12-9/h1-2,4-5,15H,3,6-8H2. The number of aliphatic hydroxyl groups excluding tert-OH is 1. The Morgan fingerprint density at radius 1 is 1.35 bits per heavy atom. The fourth-order valence-corrected chi connectivity index (χ4v) is 2.01. The summed E-state index contributed by atoms with van der Waals surface area (Å²) < 4.78 is 5.11. The smallest absolute Gasteiger partial charge is 0.237 e. The molecule has 0 amide bonds. The number of aliphatic hydroxyl groups is 1. The maximum atomic E-state index is 8.64. The molecule has 2 heterocycles. The first-order valence-corrected chi connectivity index (χ1v) is 6.48. The molecule has 0 radical (unpaired) electrons. The van der Waals surface area contributed by atoms with Gasteiger partial charge in [0, 0.05) is 12.8 Å². The van der Waals surface area contributed by atoms with Crippen LogP contribution in [-0.2, 0) is 5.75 Å². The van der Waals surface area contributed by atoms with Crippen molar-refractivity contribution in [3.8, 4) is 11.5 Å². The summed E-state index contributed by atoms with van der Waals surface area (Å²) in [5.41, 5.74) is 0.711. The molecule has 0 aliphatic carbocycles. The van der Waals surface area contributed by atoms with Crippen molar-refractivity contribution in [1.82, 2.24) is 15.1 Å². The predicted octanol–water partition coefficient (Wildman–Crippen LogP) is 1.75. The van der Waals surface area contributed by atoms with Crippen molar-refractivity contribution in [1.29, 1.82) is 0 Å². The highest BCUT2D eigenvalue weighted by Crippen LogP contribution is 2.16. The van der Waals surface area contributed by atoms with Crippen molar-refractivity contribution < 1.29 is 9.63 Å². The monoisotopic (exact) mass is 251 g/mol. The topological polar surface area (TPSA) is 72.0 Å². The Hall–Kier alpha value is -1.40. The minimum atomic E-state index is 0.218. The summed E-state index contributed by atoms with van der Waals surface area (Å²) in [6.07, 6.45) is 2.48. The lowest BCUT2D eigenvalue weighted by atomic mass is 10.3. The lowest BCUT2D eigenvalue weighted by Crippen LogP contribution is -1.88. The van der Waals surface area contributed by atoms with Gasteiger partial charge in [0.15, 0.2) is 0 Å². The van der Waals surface area contributed by atoms with E-state index in [1.54, 1.807) is 18.0 Å². The maximum Gasteiger partial charge on any atom is 0.237 e. The van der Waals surface area contributed by atoms with Gasteiger partial charge < -0.3 is 9.63 Å². The van der Waals surface area contributed by atoms with E-state index >= 15 is 0 Å². The zero-order valence-corrected chi connectivity index (χ0v) is 10.1. The third kappa shape index (κ3) is 3.54. The molecule has 2 rings (SSSR count). The van der Waals surface area contributed by atoms with E-state index in [4.69, 9.17) is 9.63 Å². The molecular formula is C11H13N3O2S. The van der Waals surface area contributed by atoms with Crippen LogP contribution in [0.4, 0.5) is 0 Å². The molecule has 2 aromatic rings. The van der Waals surface area contributed by atoms with Crippen LogP contribution in [0.25, 0.3) is 11.5 Å². The lowest BCUT2D eigenvalue weighted by Gasteiger charge is -1.94. The van der Waals surface area contributed by atoms with Gasteiger partial charge in [-0.1, -0.05) is 11.2 Å². The second-order valence-corrected chi connectivity index (χ2v) is 4.46. The average molecular weight is 251 g/mol. The van der Waals surface area contributed by atoms with Crippen LogP contribution in [0.15, 0.2) is 28.9 Å². The fraction of sp³-hybridized carbons (Fsp3) is 0.364. The molecule has 0 unspecified atom stereocenters. The predicted molar refractivity (Wildman–Crippen MR) is 65.4 cm³/mol. The highest BCUT2D eigenvalue weighted by atomic mass is 32.2. The summed E-state index contributed by atoms with van der Waals surface area (Å²) in [6, 6.07) is 5.57. The number of hydrogen-bond donors (Lipinski definition) is 1. The van der Waals surface area contributed by atoms with E-state index in [2.05, 4.69) is 15.1 Å². The van der Waals surface area contributed by atoms with Crippen molar-refractivity contribution in [2.75, 3.05) is 12.4 Å². The average Bonchev–Trinajstić information content (AvgIpc) is 2.85. The summed E-state index contributed by atoms with van der Waals surface area (Å²) in [7, 11) is 0. The third-order valence-corrected chi connectivity index (χ3v) is 3.06. The first kappa shape index (κ1) is 12.1. The van der Waals surface area contributed by atoms with Crippen LogP contribution in [0.3, 0.4) is 0 Å². The number of rotatable bonds is 6. The molecule has 0 aromatic carbocycles. The second kappa shape index (κ2) is 6.36. The minimum Gasteiger partial charge on any atom is -0.396 e. The van der Waals surface area contributed by atoms with Crippen molar-refractivity contribution in [2.45, 2.75) is 12.2 Å². The van der Waals surface area contributed by atoms with Crippen molar-refractivity contribution in [2.24, 2.45) is 0 Å². The third-order valence-electron chi connectivity index (χ3n) is 2.03. The Balaban J connectivity index is 1.92. The van der Waals surface area contributed by atoms with E-state index in [1.807, 2.05) is 18.2 Å². The first-order chi connectivity index (χ1) is 8.40. The molecule has 6 heteroatoms. The summed E-state index contributed by atoms with van der Waals surface area (Å²) >= 11 is 1.66. The molecule has 5 nitrogen and oxygen atoms in total. The number of pyridine rings is 1. The normalized spacial score (nSPS) is 10.6. The van der Waals surface area contributed by atoms with Gasteiger partial charge in [-0.25, -0.2) is 0 Å². The zero-order valence-electron chi connectivity index (χ0n) is 9.24. The molecule has 1 N–H and O–H groups in total.